The normalized spacial score (nSPS) is 11.9. The highest BCUT2D eigenvalue weighted by Gasteiger charge is 2.19. The summed E-state index contributed by atoms with van der Waals surface area (Å²) in [6.45, 7) is 3.18. The van der Waals surface area contributed by atoms with Crippen molar-refractivity contribution in [2.75, 3.05) is 13.1 Å². The molecule has 0 spiro atoms. The molecule has 26 heavy (non-hydrogen) atoms. The van der Waals surface area contributed by atoms with Gasteiger partial charge >= 0.3 is 0 Å². The molecule has 3 rings (SSSR count). The second-order valence-corrected chi connectivity index (χ2v) is 7.41. The lowest BCUT2D eigenvalue weighted by Crippen LogP contribution is -2.87. The van der Waals surface area contributed by atoms with Crippen molar-refractivity contribution in [3.8, 4) is 0 Å². The first-order valence-electron chi connectivity index (χ1n) is 8.96. The monoisotopic (exact) mass is 365 g/mol. The molecule has 1 amide bonds. The number of benzene rings is 2. The summed E-state index contributed by atoms with van der Waals surface area (Å²) < 4.78 is 0. The van der Waals surface area contributed by atoms with Crippen LogP contribution < -0.4 is 10.6 Å². The summed E-state index contributed by atoms with van der Waals surface area (Å²) in [5.41, 5.74) is 3.72. The van der Waals surface area contributed by atoms with Gasteiger partial charge in [-0.05, 0) is 30.4 Å². The van der Waals surface area contributed by atoms with Crippen molar-refractivity contribution in [2.45, 2.75) is 19.4 Å². The van der Waals surface area contributed by atoms with Gasteiger partial charge in [-0.2, -0.15) is 0 Å². The van der Waals surface area contributed by atoms with Gasteiger partial charge < -0.3 is 10.6 Å². The van der Waals surface area contributed by atoms with Crippen LogP contribution in [0.1, 0.15) is 27.6 Å². The number of hydrogen-bond acceptors (Lipinski definition) is 2. The number of hydrogen-bond donors (Lipinski definition) is 2. The van der Waals surface area contributed by atoms with Gasteiger partial charge in [0, 0.05) is 12.1 Å². The molecule has 0 saturated heterocycles. The zero-order valence-corrected chi connectivity index (χ0v) is 15.8. The van der Waals surface area contributed by atoms with Crippen molar-refractivity contribution >= 4 is 17.2 Å². The Hall–Kier alpha value is -2.43. The first-order valence-corrected chi connectivity index (χ1v) is 9.84. The lowest BCUT2D eigenvalue weighted by Gasteiger charge is -2.15. The molecule has 0 aliphatic rings. The third-order valence-corrected chi connectivity index (χ3v) is 5.36. The largest absolute Gasteiger partial charge is 0.351 e. The molecule has 3 nitrogen and oxygen atoms in total. The van der Waals surface area contributed by atoms with Crippen molar-refractivity contribution in [1.82, 2.24) is 5.32 Å². The van der Waals surface area contributed by atoms with Crippen LogP contribution >= 0.6 is 11.3 Å². The molecule has 2 aromatic carbocycles. The van der Waals surface area contributed by atoms with Gasteiger partial charge in [-0.25, -0.2) is 0 Å². The van der Waals surface area contributed by atoms with E-state index in [0.717, 1.165) is 6.42 Å². The van der Waals surface area contributed by atoms with Gasteiger partial charge in [-0.3, -0.25) is 4.79 Å². The van der Waals surface area contributed by atoms with Crippen LogP contribution in [0, 0.1) is 6.92 Å². The number of aryl methyl sites for hydroxylation is 1. The number of quaternary nitrogens is 1. The molecule has 1 aromatic heterocycles. The maximum absolute atomic E-state index is 12.3. The van der Waals surface area contributed by atoms with Crippen molar-refractivity contribution in [1.29, 1.82) is 0 Å². The molecule has 0 bridgehead atoms. The minimum Gasteiger partial charge on any atom is -0.351 e. The first-order chi connectivity index (χ1) is 12.7. The molecule has 3 aromatic rings. The Labute approximate surface area is 159 Å². The van der Waals surface area contributed by atoms with Crippen LogP contribution in [-0.4, -0.2) is 19.0 Å². The number of rotatable bonds is 8. The zero-order valence-electron chi connectivity index (χ0n) is 15.0. The Morgan fingerprint density at radius 2 is 1.81 bits per heavy atom. The maximum Gasteiger partial charge on any atom is 0.275 e. The molecule has 0 aliphatic carbocycles. The zero-order chi connectivity index (χ0) is 18.2. The lowest BCUT2D eigenvalue weighted by atomic mass is 10.0. The van der Waals surface area contributed by atoms with E-state index in [1.807, 2.05) is 18.2 Å². The summed E-state index contributed by atoms with van der Waals surface area (Å²) in [6, 6.07) is 23.2. The molecule has 0 radical (unpaired) electrons. The molecule has 1 heterocycles. The number of carbonyl (C=O) groups excluding carboxylic acids is 1. The SMILES string of the molecule is Cc1ccc([C@@H]([NH2+]CC(=O)NCCc2ccccc2)c2cccs2)cc1. The van der Waals surface area contributed by atoms with E-state index in [0.29, 0.717) is 13.1 Å². The minimum absolute atomic E-state index is 0.0783. The number of carbonyl (C=O) groups is 1. The third-order valence-electron chi connectivity index (χ3n) is 4.40. The van der Waals surface area contributed by atoms with E-state index >= 15 is 0 Å². The summed E-state index contributed by atoms with van der Waals surface area (Å²) in [7, 11) is 0. The van der Waals surface area contributed by atoms with Gasteiger partial charge in [0.25, 0.3) is 5.91 Å². The Morgan fingerprint density at radius 1 is 1.04 bits per heavy atom. The summed E-state index contributed by atoms with van der Waals surface area (Å²) in [6.07, 6.45) is 0.860. The fraction of sp³-hybridized carbons (Fsp3) is 0.227. The van der Waals surface area contributed by atoms with Crippen molar-refractivity contribution in [2.24, 2.45) is 0 Å². The summed E-state index contributed by atoms with van der Waals surface area (Å²) in [5.74, 6) is 0.0783. The Balaban J connectivity index is 1.54. The summed E-state index contributed by atoms with van der Waals surface area (Å²) in [5, 5.41) is 7.23. The number of nitrogens with one attached hydrogen (secondary N) is 1. The molecule has 0 aliphatic heterocycles. The molecule has 0 fully saturated rings. The Kier molecular flexibility index (Phi) is 6.58. The molecule has 4 heteroatoms. The second-order valence-electron chi connectivity index (χ2n) is 6.43. The molecular formula is C22H25N2OS+. The van der Waals surface area contributed by atoms with Gasteiger partial charge in [0.05, 0.1) is 4.88 Å². The van der Waals surface area contributed by atoms with Gasteiger partial charge in [0.2, 0.25) is 0 Å². The van der Waals surface area contributed by atoms with Crippen LogP contribution in [0.2, 0.25) is 0 Å². The predicted octanol–water partition coefficient (Wildman–Crippen LogP) is 3.07. The van der Waals surface area contributed by atoms with Gasteiger partial charge in [-0.15, -0.1) is 11.3 Å². The Bertz CT molecular complexity index is 798. The van der Waals surface area contributed by atoms with Gasteiger partial charge in [0.1, 0.15) is 6.04 Å². The fourth-order valence-electron chi connectivity index (χ4n) is 2.95. The highest BCUT2D eigenvalue weighted by Crippen LogP contribution is 2.22. The average Bonchev–Trinajstić information content (AvgIpc) is 3.19. The number of thiophene rings is 1. The van der Waals surface area contributed by atoms with Crippen molar-refractivity contribution in [3.05, 3.63) is 93.7 Å². The van der Waals surface area contributed by atoms with Gasteiger partial charge in [0.15, 0.2) is 6.54 Å². The maximum atomic E-state index is 12.3. The standard InChI is InChI=1S/C22H24N2OS/c1-17-9-11-19(12-10-17)22(20-8-5-15-26-20)24-16-21(25)23-14-13-18-6-3-2-4-7-18/h2-12,15,22,24H,13-14,16H2,1H3,(H,23,25)/p+1/t22-/m1/s1. The van der Waals surface area contributed by atoms with Crippen molar-refractivity contribution < 1.29 is 10.1 Å². The van der Waals surface area contributed by atoms with E-state index in [-0.39, 0.29) is 11.9 Å². The topological polar surface area (TPSA) is 45.7 Å². The summed E-state index contributed by atoms with van der Waals surface area (Å²) in [4.78, 5) is 13.5. The second kappa shape index (κ2) is 9.32. The average molecular weight is 366 g/mol. The van der Waals surface area contributed by atoms with E-state index in [1.54, 1.807) is 11.3 Å². The highest BCUT2D eigenvalue weighted by atomic mass is 32.1. The highest BCUT2D eigenvalue weighted by molar-refractivity contribution is 7.10. The molecule has 1 atom stereocenters. The molecule has 0 unspecified atom stereocenters. The van der Waals surface area contributed by atoms with Crippen LogP contribution in [0.3, 0.4) is 0 Å². The molecule has 134 valence electrons. The number of nitrogens with two attached hydrogens (primary N) is 1. The van der Waals surface area contributed by atoms with E-state index in [4.69, 9.17) is 0 Å². The Morgan fingerprint density at radius 3 is 2.50 bits per heavy atom. The van der Waals surface area contributed by atoms with E-state index in [2.05, 4.69) is 71.5 Å². The minimum atomic E-state index is 0.0783. The van der Waals surface area contributed by atoms with Crippen LogP contribution in [0.4, 0.5) is 0 Å². The van der Waals surface area contributed by atoms with E-state index in [1.165, 1.54) is 21.6 Å². The quantitative estimate of drug-likeness (QED) is 0.633. The summed E-state index contributed by atoms with van der Waals surface area (Å²) >= 11 is 1.73. The third kappa shape index (κ3) is 5.28. The fourth-order valence-corrected chi connectivity index (χ4v) is 3.80. The van der Waals surface area contributed by atoms with Crippen LogP contribution in [0.25, 0.3) is 0 Å². The number of amides is 1. The van der Waals surface area contributed by atoms with Crippen LogP contribution in [-0.2, 0) is 11.2 Å². The molecular weight excluding hydrogens is 340 g/mol. The van der Waals surface area contributed by atoms with E-state index < -0.39 is 0 Å². The molecule has 0 saturated carbocycles. The van der Waals surface area contributed by atoms with Crippen LogP contribution in [0.5, 0.6) is 0 Å². The van der Waals surface area contributed by atoms with Crippen LogP contribution in [0.15, 0.2) is 72.1 Å². The lowest BCUT2D eigenvalue weighted by molar-refractivity contribution is -0.676. The predicted molar refractivity (Wildman–Crippen MR) is 107 cm³/mol. The molecule has 3 N–H and O–H groups in total. The first kappa shape index (κ1) is 18.4. The van der Waals surface area contributed by atoms with E-state index in [9.17, 15) is 4.79 Å². The smallest absolute Gasteiger partial charge is 0.275 e. The van der Waals surface area contributed by atoms with Crippen molar-refractivity contribution in [3.63, 3.8) is 0 Å². The van der Waals surface area contributed by atoms with Gasteiger partial charge in [-0.1, -0.05) is 66.2 Å².